The molecule has 0 N–H and O–H groups in total. The number of alkyl halides is 6. The van der Waals surface area contributed by atoms with E-state index in [0.717, 1.165) is 51.0 Å². The predicted molar refractivity (Wildman–Crippen MR) is 261 cm³/mol. The van der Waals surface area contributed by atoms with Crippen LogP contribution in [0.1, 0.15) is 147 Å². The van der Waals surface area contributed by atoms with E-state index in [-0.39, 0.29) is 71.3 Å². The maximum Gasteiger partial charge on any atom is 0.429 e. The monoisotopic (exact) mass is 975 g/mol. The summed E-state index contributed by atoms with van der Waals surface area (Å²) in [5, 5.41) is 0.0608. The zero-order valence-corrected chi connectivity index (χ0v) is 46.1. The van der Waals surface area contributed by atoms with Gasteiger partial charge in [0.2, 0.25) is 0 Å². The van der Waals surface area contributed by atoms with Crippen LogP contribution in [0.3, 0.4) is 0 Å². The Labute approximate surface area is 393 Å². The van der Waals surface area contributed by atoms with E-state index in [9.17, 15) is 26.3 Å². The summed E-state index contributed by atoms with van der Waals surface area (Å²) in [5.74, 6) is -0.571. The molecule has 14 heteroatoms. The van der Waals surface area contributed by atoms with Crippen LogP contribution >= 0.6 is 0 Å². The Morgan fingerprint density at radius 1 is 0.746 bits per heavy atom. The Morgan fingerprint density at radius 2 is 1.25 bits per heavy atom. The Kier molecular flexibility index (Phi) is 15.0. The standard InChI is InChI=1S/C49H90F6O4Si4/c1-43(2,3)62(16,17)56-39-33-36(34-40(35-39)57-63(18,19)44(4,5)6)26-27-38-24-21-31-46(9)41(28-29-42(38)46)37(23-20-30-45(7,8)58-60(10,11)12)25-22-32-47(48(50,51)52,49(53,54)55)59-61(13,14)15/h22,26-27,32,37,39-42H,20-21,23-25,28-31,33-35H2,1-19H3/b32-22-,38-27+/t37-,39-,40-,41-,42+,46-/m1/s1/i7D3,8D3. The molecule has 368 valence electrons. The highest BCUT2D eigenvalue weighted by molar-refractivity contribution is 6.74. The average molecular weight is 976 g/mol. The first-order valence-electron chi connectivity index (χ1n) is 26.5. The largest absolute Gasteiger partial charge is 0.429 e. The van der Waals surface area contributed by atoms with E-state index in [1.54, 1.807) is 19.6 Å². The second kappa shape index (κ2) is 19.9. The van der Waals surface area contributed by atoms with Crippen molar-refractivity contribution in [2.45, 2.75) is 251 Å². The summed E-state index contributed by atoms with van der Waals surface area (Å²) in [6.07, 6.45) is -0.00540. The highest BCUT2D eigenvalue weighted by Crippen LogP contribution is 2.61. The Bertz CT molecular complexity index is 1760. The van der Waals surface area contributed by atoms with Crippen molar-refractivity contribution >= 4 is 33.3 Å². The fourth-order valence-corrected chi connectivity index (χ4v) is 15.1. The van der Waals surface area contributed by atoms with Gasteiger partial charge in [0, 0.05) is 8.22 Å². The Morgan fingerprint density at radius 3 is 1.70 bits per heavy atom. The van der Waals surface area contributed by atoms with Gasteiger partial charge in [0.05, 0.1) is 17.8 Å². The third kappa shape index (κ3) is 15.0. The molecule has 0 bridgehead atoms. The molecule has 0 aromatic carbocycles. The minimum absolute atomic E-state index is 0.00966. The van der Waals surface area contributed by atoms with Crippen molar-refractivity contribution in [1.82, 2.24) is 0 Å². The maximum absolute atomic E-state index is 14.7. The van der Waals surface area contributed by atoms with Gasteiger partial charge in [-0.05, 0) is 189 Å². The van der Waals surface area contributed by atoms with Crippen molar-refractivity contribution in [3.8, 4) is 0 Å². The third-order valence-corrected chi connectivity index (χ3v) is 25.8. The Hall–Kier alpha value is -0.492. The van der Waals surface area contributed by atoms with E-state index in [4.69, 9.17) is 25.9 Å². The van der Waals surface area contributed by atoms with Crippen LogP contribution in [-0.2, 0) is 17.7 Å². The van der Waals surface area contributed by atoms with Gasteiger partial charge in [-0.1, -0.05) is 84.3 Å². The Balaban J connectivity index is 2.13. The zero-order chi connectivity index (χ0) is 53.7. The van der Waals surface area contributed by atoms with E-state index >= 15 is 0 Å². The second-order valence-corrected chi connectivity index (χ2v) is 43.0. The van der Waals surface area contributed by atoms with E-state index in [1.165, 1.54) is 30.8 Å². The molecule has 3 aliphatic carbocycles. The van der Waals surface area contributed by atoms with Gasteiger partial charge in [-0.3, -0.25) is 0 Å². The van der Waals surface area contributed by atoms with Crippen LogP contribution in [0.5, 0.6) is 0 Å². The second-order valence-electron chi connectivity index (χ2n) is 24.6. The van der Waals surface area contributed by atoms with Crippen molar-refractivity contribution < 1.29 is 52.3 Å². The van der Waals surface area contributed by atoms with Gasteiger partial charge in [0.25, 0.3) is 5.60 Å². The minimum Gasteiger partial charge on any atom is -0.414 e. The van der Waals surface area contributed by atoms with Gasteiger partial charge >= 0.3 is 12.4 Å². The molecule has 0 unspecified atom stereocenters. The van der Waals surface area contributed by atoms with Crippen LogP contribution < -0.4 is 0 Å². The molecule has 0 heterocycles. The molecule has 6 atom stereocenters. The molecule has 3 rings (SSSR count). The van der Waals surface area contributed by atoms with E-state index in [1.807, 2.05) is 0 Å². The van der Waals surface area contributed by atoms with Crippen molar-refractivity contribution in [3.05, 3.63) is 35.5 Å². The van der Waals surface area contributed by atoms with Crippen LogP contribution in [0.2, 0.25) is 75.5 Å². The van der Waals surface area contributed by atoms with Gasteiger partial charge in [-0.15, -0.1) is 0 Å². The van der Waals surface area contributed by atoms with Crippen molar-refractivity contribution in [2.75, 3.05) is 0 Å². The smallest absolute Gasteiger partial charge is 0.414 e. The molecule has 0 spiro atoms. The first kappa shape index (κ1) is 47.6. The van der Waals surface area contributed by atoms with E-state index in [2.05, 4.69) is 86.8 Å². The molecule has 0 aliphatic heterocycles. The number of fused-ring (bicyclic) bond motifs is 1. The highest BCUT2D eigenvalue weighted by Gasteiger charge is 2.71. The lowest BCUT2D eigenvalue weighted by Crippen LogP contribution is -2.61. The van der Waals surface area contributed by atoms with Gasteiger partial charge in [0.15, 0.2) is 33.3 Å². The molecule has 0 radical (unpaired) electrons. The topological polar surface area (TPSA) is 36.9 Å². The lowest BCUT2D eigenvalue weighted by atomic mass is 9.60. The molecule has 3 saturated carbocycles. The summed E-state index contributed by atoms with van der Waals surface area (Å²) < 4.78 is 164. The first-order valence-corrected chi connectivity index (χ1v) is 36.1. The molecular weight excluding hydrogens is 879 g/mol. The van der Waals surface area contributed by atoms with Gasteiger partial charge in [-0.2, -0.15) is 26.3 Å². The predicted octanol–water partition coefficient (Wildman–Crippen LogP) is 17.1. The van der Waals surface area contributed by atoms with Gasteiger partial charge < -0.3 is 17.7 Å². The van der Waals surface area contributed by atoms with Crippen molar-refractivity contribution in [2.24, 2.45) is 23.2 Å². The van der Waals surface area contributed by atoms with Crippen LogP contribution in [0.15, 0.2) is 35.5 Å². The zero-order valence-electron chi connectivity index (χ0n) is 48.1. The third-order valence-electron chi connectivity index (χ3n) is 14.9. The van der Waals surface area contributed by atoms with Crippen molar-refractivity contribution in [1.29, 1.82) is 0 Å². The number of hydrogen-bond acceptors (Lipinski definition) is 4. The molecular formula is C49H90F6O4Si4. The summed E-state index contributed by atoms with van der Waals surface area (Å²) in [5.41, 5.74) is -4.87. The number of allylic oxidation sites excluding steroid dienone is 4. The van der Waals surface area contributed by atoms with Crippen LogP contribution in [0, 0.1) is 23.2 Å². The number of hydrogen-bond donors (Lipinski definition) is 0. The normalized spacial score (nSPS) is 28.6. The average Bonchev–Trinajstić information content (AvgIpc) is 3.45. The molecule has 0 aromatic heterocycles. The maximum atomic E-state index is 14.7. The molecule has 3 aliphatic rings. The molecule has 4 nitrogen and oxygen atoms in total. The molecule has 0 aromatic rings. The summed E-state index contributed by atoms with van der Waals surface area (Å²) >= 11 is 0. The van der Waals surface area contributed by atoms with Gasteiger partial charge in [-0.25, -0.2) is 0 Å². The van der Waals surface area contributed by atoms with Crippen LogP contribution in [0.25, 0.3) is 0 Å². The molecule has 3 fully saturated rings. The quantitative estimate of drug-likeness (QED) is 0.0827. The molecule has 0 amide bonds. The first-order chi connectivity index (χ1) is 30.5. The lowest BCUT2D eigenvalue weighted by molar-refractivity contribution is -0.340. The summed E-state index contributed by atoms with van der Waals surface area (Å²) in [6, 6.07) is 0. The minimum atomic E-state index is -5.81. The van der Waals surface area contributed by atoms with Gasteiger partial charge in [0.1, 0.15) is 0 Å². The lowest BCUT2D eigenvalue weighted by Gasteiger charge is -2.45. The fraction of sp³-hybridized carbons (Fsp3) is 0.878. The summed E-state index contributed by atoms with van der Waals surface area (Å²) in [6.45, 7) is 27.7. The number of halogens is 6. The number of rotatable bonds is 17. The summed E-state index contributed by atoms with van der Waals surface area (Å²) in [7, 11) is -10.5. The fourth-order valence-electron chi connectivity index (χ4n) is 9.97. The molecule has 0 saturated heterocycles. The van der Waals surface area contributed by atoms with Crippen LogP contribution in [-0.4, -0.2) is 69.0 Å². The highest BCUT2D eigenvalue weighted by atomic mass is 28.4. The van der Waals surface area contributed by atoms with E-state index in [0.29, 0.717) is 6.42 Å². The summed E-state index contributed by atoms with van der Waals surface area (Å²) in [4.78, 5) is 0. The SMILES string of the molecule is [2H]C([2H])([2H])C(CCC[C@H](C/C=C\C(O[Si](C)(C)C)(C(F)(F)F)C(F)(F)F)[C@H]1CC[C@H]2/C(=C/C=C3C[C@@H](O[Si](C)(C)C(C)(C)C)C[C@H](O[Si](C)(C)C(C)(C)C)C3)CCC[C@]12C)(O[Si](C)(C)C)C([2H])([2H])[2H]. The van der Waals surface area contributed by atoms with Crippen LogP contribution in [0.4, 0.5) is 26.3 Å². The molecule has 63 heavy (non-hydrogen) atoms. The van der Waals surface area contributed by atoms with E-state index < -0.39 is 76.4 Å². The van der Waals surface area contributed by atoms with Crippen molar-refractivity contribution in [3.63, 3.8) is 0 Å².